The number of halogens is 1. The number of aryl methyl sites for hydroxylation is 1. The van der Waals surface area contributed by atoms with Gasteiger partial charge in [-0.15, -0.1) is 0 Å². The van der Waals surface area contributed by atoms with Gasteiger partial charge in [-0.3, -0.25) is 9.36 Å². The van der Waals surface area contributed by atoms with Gasteiger partial charge in [-0.25, -0.2) is 4.79 Å². The Morgan fingerprint density at radius 1 is 1.33 bits per heavy atom. The van der Waals surface area contributed by atoms with Gasteiger partial charge in [-0.05, 0) is 37.3 Å². The molecule has 6 nitrogen and oxygen atoms in total. The van der Waals surface area contributed by atoms with Gasteiger partial charge in [0, 0.05) is 49.7 Å². The number of amides is 1. The SMILES string of the molecule is C[C@@H]1C[C@@H](C)CN(C[C@@H](C)NC(=O)CCn2c(=O)oc3cc(Cl)ccc32)C1. The van der Waals surface area contributed by atoms with Gasteiger partial charge in [0.1, 0.15) is 0 Å². The van der Waals surface area contributed by atoms with Gasteiger partial charge in [0.25, 0.3) is 0 Å². The van der Waals surface area contributed by atoms with Crippen LogP contribution in [0.15, 0.2) is 27.4 Å². The van der Waals surface area contributed by atoms with Crippen molar-refractivity contribution in [2.45, 2.75) is 46.2 Å². The van der Waals surface area contributed by atoms with Gasteiger partial charge < -0.3 is 14.6 Å². The van der Waals surface area contributed by atoms with Crippen molar-refractivity contribution in [3.8, 4) is 0 Å². The molecular formula is C20H28ClN3O3. The molecule has 1 N–H and O–H groups in total. The van der Waals surface area contributed by atoms with Gasteiger partial charge in [-0.2, -0.15) is 0 Å². The lowest BCUT2D eigenvalue weighted by Gasteiger charge is -2.36. The summed E-state index contributed by atoms with van der Waals surface area (Å²) in [5, 5.41) is 3.56. The van der Waals surface area contributed by atoms with E-state index in [-0.39, 0.29) is 24.9 Å². The summed E-state index contributed by atoms with van der Waals surface area (Å²) in [6.45, 7) is 9.91. The first-order valence-electron chi connectivity index (χ1n) is 9.62. The molecule has 1 aliphatic heterocycles. The first kappa shape index (κ1) is 20.0. The molecule has 7 heteroatoms. The predicted molar refractivity (Wildman–Crippen MR) is 107 cm³/mol. The van der Waals surface area contributed by atoms with Crippen LogP contribution in [0.3, 0.4) is 0 Å². The Bertz CT molecular complexity index is 850. The summed E-state index contributed by atoms with van der Waals surface area (Å²) in [7, 11) is 0. The predicted octanol–water partition coefficient (Wildman–Crippen LogP) is 3.12. The van der Waals surface area contributed by atoms with E-state index in [1.807, 2.05) is 6.92 Å². The summed E-state index contributed by atoms with van der Waals surface area (Å²) in [4.78, 5) is 26.8. The van der Waals surface area contributed by atoms with Crippen molar-refractivity contribution >= 4 is 28.6 Å². The van der Waals surface area contributed by atoms with Crippen LogP contribution in [0.4, 0.5) is 0 Å². The molecule has 3 rings (SSSR count). The van der Waals surface area contributed by atoms with E-state index >= 15 is 0 Å². The second kappa shape index (κ2) is 8.48. The number of benzene rings is 1. The second-order valence-electron chi connectivity index (χ2n) is 8.01. The van der Waals surface area contributed by atoms with Crippen LogP contribution in [0.5, 0.6) is 0 Å². The van der Waals surface area contributed by atoms with E-state index in [1.54, 1.807) is 18.2 Å². The molecule has 0 radical (unpaired) electrons. The minimum Gasteiger partial charge on any atom is -0.408 e. The fourth-order valence-corrected chi connectivity index (χ4v) is 4.35. The molecule has 27 heavy (non-hydrogen) atoms. The monoisotopic (exact) mass is 393 g/mol. The van der Waals surface area contributed by atoms with E-state index in [4.69, 9.17) is 16.0 Å². The Kier molecular flexibility index (Phi) is 6.27. The molecule has 1 amide bonds. The van der Waals surface area contributed by atoms with E-state index in [0.29, 0.717) is 28.0 Å². The number of piperidine rings is 1. The molecule has 1 aliphatic rings. The highest BCUT2D eigenvalue weighted by molar-refractivity contribution is 6.31. The molecule has 0 bridgehead atoms. The Morgan fingerprint density at radius 2 is 2.04 bits per heavy atom. The van der Waals surface area contributed by atoms with E-state index in [2.05, 4.69) is 24.1 Å². The average Bonchev–Trinajstić information content (AvgIpc) is 2.85. The van der Waals surface area contributed by atoms with E-state index in [0.717, 1.165) is 19.6 Å². The third-order valence-electron chi connectivity index (χ3n) is 5.08. The molecule has 148 valence electrons. The zero-order valence-corrected chi connectivity index (χ0v) is 17.0. The molecule has 2 aromatic rings. The zero-order valence-electron chi connectivity index (χ0n) is 16.2. The van der Waals surface area contributed by atoms with Gasteiger partial charge in [0.15, 0.2) is 5.58 Å². The van der Waals surface area contributed by atoms with E-state index in [9.17, 15) is 9.59 Å². The number of fused-ring (bicyclic) bond motifs is 1. The maximum Gasteiger partial charge on any atom is 0.419 e. The number of nitrogens with one attached hydrogen (secondary N) is 1. The van der Waals surface area contributed by atoms with Crippen molar-refractivity contribution in [2.75, 3.05) is 19.6 Å². The van der Waals surface area contributed by atoms with Crippen LogP contribution in [0, 0.1) is 11.8 Å². The highest BCUT2D eigenvalue weighted by atomic mass is 35.5. The highest BCUT2D eigenvalue weighted by Gasteiger charge is 2.23. The molecule has 1 saturated heterocycles. The maximum absolute atomic E-state index is 12.3. The van der Waals surface area contributed by atoms with Gasteiger partial charge in [-0.1, -0.05) is 25.4 Å². The maximum atomic E-state index is 12.3. The Balaban J connectivity index is 1.52. The third-order valence-corrected chi connectivity index (χ3v) is 5.31. The summed E-state index contributed by atoms with van der Waals surface area (Å²) < 4.78 is 6.67. The van der Waals surface area contributed by atoms with Crippen LogP contribution < -0.4 is 11.1 Å². The molecule has 0 saturated carbocycles. The second-order valence-corrected chi connectivity index (χ2v) is 8.45. The van der Waals surface area contributed by atoms with Crippen molar-refractivity contribution in [2.24, 2.45) is 11.8 Å². The summed E-state index contributed by atoms with van der Waals surface area (Å²) in [6, 6.07) is 5.13. The normalized spacial score (nSPS) is 22.1. The first-order valence-corrected chi connectivity index (χ1v) is 10.00. The van der Waals surface area contributed by atoms with Crippen molar-refractivity contribution in [3.63, 3.8) is 0 Å². The van der Waals surface area contributed by atoms with Crippen molar-refractivity contribution in [1.82, 2.24) is 14.8 Å². The lowest BCUT2D eigenvalue weighted by molar-refractivity contribution is -0.122. The van der Waals surface area contributed by atoms with Crippen molar-refractivity contribution < 1.29 is 9.21 Å². The standard InChI is InChI=1S/C20H28ClN3O3/c1-13-8-14(2)11-23(10-13)12-15(3)22-19(25)6-7-24-17-5-4-16(21)9-18(17)27-20(24)26/h4-5,9,13-15H,6-8,10-12H2,1-3H3,(H,22,25)/t13-,14-,15-/m1/s1. The topological polar surface area (TPSA) is 67.5 Å². The lowest BCUT2D eigenvalue weighted by Crippen LogP contribution is -2.47. The Labute approximate surface area is 164 Å². The minimum absolute atomic E-state index is 0.0594. The summed E-state index contributed by atoms with van der Waals surface area (Å²) in [6.07, 6.45) is 1.50. The van der Waals surface area contributed by atoms with Crippen LogP contribution in [0.1, 0.15) is 33.6 Å². The Morgan fingerprint density at radius 3 is 2.74 bits per heavy atom. The number of nitrogens with zero attached hydrogens (tertiary/aromatic N) is 2. The van der Waals surface area contributed by atoms with Gasteiger partial charge in [0.05, 0.1) is 5.52 Å². The Hall–Kier alpha value is -1.79. The minimum atomic E-state index is -0.468. The largest absolute Gasteiger partial charge is 0.419 e. The summed E-state index contributed by atoms with van der Waals surface area (Å²) in [5.74, 6) is 0.873. The summed E-state index contributed by atoms with van der Waals surface area (Å²) >= 11 is 5.92. The van der Waals surface area contributed by atoms with Crippen LogP contribution in [0.2, 0.25) is 5.02 Å². The van der Waals surface area contributed by atoms with Gasteiger partial charge >= 0.3 is 5.76 Å². The third kappa shape index (κ3) is 5.14. The molecule has 2 heterocycles. The highest BCUT2D eigenvalue weighted by Crippen LogP contribution is 2.21. The van der Waals surface area contributed by atoms with Crippen LogP contribution in [-0.4, -0.2) is 41.1 Å². The summed E-state index contributed by atoms with van der Waals surface area (Å²) in [5.41, 5.74) is 1.09. The molecule has 0 spiro atoms. The number of hydrogen-bond acceptors (Lipinski definition) is 4. The van der Waals surface area contributed by atoms with Crippen molar-refractivity contribution in [3.05, 3.63) is 33.8 Å². The molecule has 0 unspecified atom stereocenters. The molecule has 1 fully saturated rings. The molecule has 3 atom stereocenters. The molecule has 0 aliphatic carbocycles. The van der Waals surface area contributed by atoms with Gasteiger partial charge in [0.2, 0.25) is 5.91 Å². The van der Waals surface area contributed by atoms with Crippen molar-refractivity contribution in [1.29, 1.82) is 0 Å². The lowest BCUT2D eigenvalue weighted by atomic mass is 9.92. The smallest absolute Gasteiger partial charge is 0.408 e. The number of aromatic nitrogens is 1. The molecule has 1 aromatic carbocycles. The fourth-order valence-electron chi connectivity index (χ4n) is 4.19. The number of hydrogen-bond donors (Lipinski definition) is 1. The number of rotatable bonds is 6. The average molecular weight is 394 g/mol. The number of likely N-dealkylation sites (tertiary alicyclic amines) is 1. The zero-order chi connectivity index (χ0) is 19.6. The van der Waals surface area contributed by atoms with Crippen LogP contribution in [0.25, 0.3) is 11.1 Å². The quantitative estimate of drug-likeness (QED) is 0.818. The van der Waals surface area contributed by atoms with Crippen LogP contribution >= 0.6 is 11.6 Å². The van der Waals surface area contributed by atoms with E-state index in [1.165, 1.54) is 11.0 Å². The number of carbonyl (C=O) groups is 1. The fraction of sp³-hybridized carbons (Fsp3) is 0.600. The van der Waals surface area contributed by atoms with E-state index < -0.39 is 5.76 Å². The number of oxazole rings is 1. The molecular weight excluding hydrogens is 366 g/mol. The molecule has 1 aromatic heterocycles. The number of carbonyl (C=O) groups excluding carboxylic acids is 1. The first-order chi connectivity index (χ1) is 12.8. The van der Waals surface area contributed by atoms with Crippen LogP contribution in [-0.2, 0) is 11.3 Å².